The van der Waals surface area contributed by atoms with Crippen molar-refractivity contribution in [3.05, 3.63) is 12.7 Å². The minimum atomic E-state index is -1.03. The molecule has 10 heteroatoms. The lowest BCUT2D eigenvalue weighted by Gasteiger charge is -1.99. The zero-order chi connectivity index (χ0) is 13.7. The van der Waals surface area contributed by atoms with Gasteiger partial charge in [-0.05, 0) is 0 Å². The minimum absolute atomic E-state index is 0.126. The summed E-state index contributed by atoms with van der Waals surface area (Å²) in [7, 11) is 0. The molecule has 0 saturated heterocycles. The van der Waals surface area contributed by atoms with Gasteiger partial charge in [-0.1, -0.05) is 12.7 Å². The molecule has 17 heavy (non-hydrogen) atoms. The Kier molecular flexibility index (Phi) is 13.5. The van der Waals surface area contributed by atoms with Crippen molar-refractivity contribution in [2.24, 2.45) is 5.90 Å². The Balaban J connectivity index is 0. The molecule has 8 nitrogen and oxygen atoms in total. The molecule has 98 valence electrons. The number of hydrogen-bond acceptors (Lipinski definition) is 8. The third kappa shape index (κ3) is 20.7. The van der Waals surface area contributed by atoms with E-state index in [0.29, 0.717) is 11.9 Å². The van der Waals surface area contributed by atoms with Crippen LogP contribution in [0.2, 0.25) is 0 Å². The van der Waals surface area contributed by atoms with Crippen LogP contribution in [0.3, 0.4) is 0 Å². The van der Waals surface area contributed by atoms with Crippen LogP contribution in [-0.4, -0.2) is 39.9 Å². The molecular formula is C7H12N2O6S2. The number of carbonyl (C=O) groups excluding carboxylic acids is 1. The van der Waals surface area contributed by atoms with E-state index in [1.165, 1.54) is 6.08 Å². The van der Waals surface area contributed by atoms with Crippen LogP contribution in [0.25, 0.3) is 0 Å². The minimum Gasteiger partial charge on any atom is -0.480 e. The first-order valence-electron chi connectivity index (χ1n) is 3.92. The Hall–Kier alpha value is -1.36. The third-order valence-corrected chi connectivity index (χ3v) is 1.47. The maximum Gasteiger partial charge on any atom is 0.382 e. The average Bonchev–Trinajstić information content (AvgIpc) is 2.26. The summed E-state index contributed by atoms with van der Waals surface area (Å²) in [5.74, 6) is 3.25. The van der Waals surface area contributed by atoms with Gasteiger partial charge in [0.05, 0.1) is 0 Å². The molecule has 0 rings (SSSR count). The van der Waals surface area contributed by atoms with Crippen LogP contribution in [0, 0.1) is 0 Å². The molecule has 0 aliphatic heterocycles. The molecule has 0 radical (unpaired) electrons. The van der Waals surface area contributed by atoms with Gasteiger partial charge in [0.2, 0.25) is 0 Å². The summed E-state index contributed by atoms with van der Waals surface area (Å²) in [4.78, 5) is 24.1. The first-order valence-corrected chi connectivity index (χ1v) is 5.15. The standard InChI is InChI=1S/C6H9NO4S.CH3NO2S/c1-2-3-11-6(10)12-7-4-5(8)9;2-4-1(3)5/h2,7H,1,3-4H2,(H,8,9);2H2,(H,3,5). The lowest BCUT2D eigenvalue weighted by molar-refractivity contribution is -0.135. The van der Waals surface area contributed by atoms with E-state index in [1.54, 1.807) is 0 Å². The van der Waals surface area contributed by atoms with E-state index in [9.17, 15) is 9.59 Å². The van der Waals surface area contributed by atoms with Crippen LogP contribution < -0.4 is 10.6 Å². The monoisotopic (exact) mass is 284 g/mol. The fourth-order valence-corrected chi connectivity index (χ4v) is 0.754. The Bertz CT molecular complexity index is 273. The highest BCUT2D eigenvalue weighted by atomic mass is 32.2. The van der Waals surface area contributed by atoms with E-state index >= 15 is 0 Å². The number of nitrogens with one attached hydrogen (secondary N) is 1. The number of ether oxygens (including phenoxy) is 1. The zero-order valence-electron chi connectivity index (χ0n) is 8.62. The summed E-state index contributed by atoms with van der Waals surface area (Å²) in [6.45, 7) is 3.18. The van der Waals surface area contributed by atoms with Crippen LogP contribution in [-0.2, 0) is 14.4 Å². The van der Waals surface area contributed by atoms with Crippen molar-refractivity contribution in [3.63, 3.8) is 0 Å². The number of aliphatic hydroxyl groups is 1. The number of carbonyl (C=O) groups is 2. The van der Waals surface area contributed by atoms with Gasteiger partial charge >= 0.3 is 16.5 Å². The van der Waals surface area contributed by atoms with Crippen molar-refractivity contribution in [2.45, 2.75) is 0 Å². The summed E-state index contributed by atoms with van der Waals surface area (Å²) in [5, 5.41) is 14.7. The van der Waals surface area contributed by atoms with Gasteiger partial charge in [-0.25, -0.2) is 9.52 Å². The second-order valence-corrected chi connectivity index (χ2v) is 3.23. The maximum absolute atomic E-state index is 10.6. The second-order valence-electron chi connectivity index (χ2n) is 2.05. The average molecular weight is 284 g/mol. The molecular weight excluding hydrogens is 272 g/mol. The number of thiocarbonyl (C=S) groups is 1. The number of hydrogen-bond donors (Lipinski definition) is 4. The van der Waals surface area contributed by atoms with Crippen molar-refractivity contribution in [3.8, 4) is 0 Å². The largest absolute Gasteiger partial charge is 0.480 e. The molecule has 0 unspecified atom stereocenters. The highest BCUT2D eigenvalue weighted by Gasteiger charge is 2.03. The molecule has 0 spiro atoms. The maximum atomic E-state index is 10.6. The van der Waals surface area contributed by atoms with Gasteiger partial charge in [0.1, 0.15) is 13.2 Å². The van der Waals surface area contributed by atoms with Gasteiger partial charge in [0, 0.05) is 24.2 Å². The summed E-state index contributed by atoms with van der Waals surface area (Å²) >= 11 is 4.51. The third-order valence-electron chi connectivity index (χ3n) is 0.799. The lowest BCUT2D eigenvalue weighted by atomic mass is 10.7. The highest BCUT2D eigenvalue weighted by Crippen LogP contribution is 1.98. The molecule has 0 aliphatic carbocycles. The zero-order valence-corrected chi connectivity index (χ0v) is 10.3. The number of rotatable bonds is 5. The van der Waals surface area contributed by atoms with E-state index in [4.69, 9.17) is 10.2 Å². The summed E-state index contributed by atoms with van der Waals surface area (Å²) in [6, 6.07) is 0. The SMILES string of the molecule is C=CCOC(=O)SNCC(=O)O.NOC(O)=S. The molecule has 0 fully saturated rings. The molecule has 0 aromatic carbocycles. The van der Waals surface area contributed by atoms with Crippen molar-refractivity contribution in [1.29, 1.82) is 0 Å². The van der Waals surface area contributed by atoms with Crippen molar-refractivity contribution < 1.29 is 29.4 Å². The fraction of sp³-hybridized carbons (Fsp3) is 0.286. The van der Waals surface area contributed by atoms with E-state index in [1.807, 2.05) is 0 Å². The van der Waals surface area contributed by atoms with Gasteiger partial charge in [-0.15, -0.1) is 0 Å². The van der Waals surface area contributed by atoms with Gasteiger partial charge in [0.15, 0.2) is 0 Å². The lowest BCUT2D eigenvalue weighted by Crippen LogP contribution is -2.18. The topological polar surface area (TPSA) is 131 Å². The van der Waals surface area contributed by atoms with Crippen LogP contribution in [0.1, 0.15) is 0 Å². The number of aliphatic carboxylic acids is 1. The molecule has 0 saturated carbocycles. The second kappa shape index (κ2) is 12.7. The van der Waals surface area contributed by atoms with Crippen LogP contribution in [0.15, 0.2) is 12.7 Å². The first-order chi connectivity index (χ1) is 7.93. The first kappa shape index (κ1) is 18.0. The normalized spacial score (nSPS) is 8.29. The van der Waals surface area contributed by atoms with E-state index in [0.717, 1.165) is 0 Å². The summed E-state index contributed by atoms with van der Waals surface area (Å²) in [5.41, 5.74) is 0. The number of carboxylic acids is 1. The summed E-state index contributed by atoms with van der Waals surface area (Å²) < 4.78 is 6.83. The van der Waals surface area contributed by atoms with Gasteiger partial charge in [-0.3, -0.25) is 4.79 Å². The predicted octanol–water partition coefficient (Wildman–Crippen LogP) is 0.351. The smallest absolute Gasteiger partial charge is 0.382 e. The Morgan fingerprint density at radius 1 is 1.53 bits per heavy atom. The van der Waals surface area contributed by atoms with Gasteiger partial charge < -0.3 is 19.8 Å². The van der Waals surface area contributed by atoms with E-state index < -0.39 is 16.5 Å². The van der Waals surface area contributed by atoms with E-state index in [-0.39, 0.29) is 13.2 Å². The molecule has 0 heterocycles. The van der Waals surface area contributed by atoms with Gasteiger partial charge in [0.25, 0.3) is 0 Å². The van der Waals surface area contributed by atoms with Crippen molar-refractivity contribution >= 4 is 40.7 Å². The van der Waals surface area contributed by atoms with Crippen LogP contribution in [0.4, 0.5) is 4.79 Å². The van der Waals surface area contributed by atoms with Gasteiger partial charge in [-0.2, -0.15) is 5.90 Å². The molecule has 0 aromatic heterocycles. The predicted molar refractivity (Wildman–Crippen MR) is 65.3 cm³/mol. The Morgan fingerprint density at radius 3 is 2.41 bits per heavy atom. The number of carboxylic acid groups (broad SMARTS) is 1. The molecule has 5 N–H and O–H groups in total. The molecule has 0 amide bonds. The molecule has 0 aliphatic rings. The molecule has 0 aromatic rings. The number of nitrogens with two attached hydrogens (primary N) is 1. The molecule has 0 bridgehead atoms. The molecule has 0 atom stereocenters. The van der Waals surface area contributed by atoms with Crippen LogP contribution in [0.5, 0.6) is 0 Å². The Morgan fingerprint density at radius 2 is 2.06 bits per heavy atom. The van der Waals surface area contributed by atoms with Crippen molar-refractivity contribution in [1.82, 2.24) is 4.72 Å². The van der Waals surface area contributed by atoms with E-state index in [2.05, 4.69) is 39.0 Å². The summed E-state index contributed by atoms with van der Waals surface area (Å²) in [6.07, 6.45) is 1.43. The Labute approximate surface area is 107 Å². The number of aliphatic hydroxyl groups excluding tert-OH is 1. The van der Waals surface area contributed by atoms with Crippen LogP contribution >= 0.6 is 24.2 Å². The quantitative estimate of drug-likeness (QED) is 0.184. The van der Waals surface area contributed by atoms with Crippen molar-refractivity contribution in [2.75, 3.05) is 13.2 Å². The highest BCUT2D eigenvalue weighted by molar-refractivity contribution is 8.11. The fourth-order valence-electron chi connectivity index (χ4n) is 0.313.